The highest BCUT2D eigenvalue weighted by Crippen LogP contribution is 2.39. The van der Waals surface area contributed by atoms with E-state index in [4.69, 9.17) is 9.47 Å². The van der Waals surface area contributed by atoms with Gasteiger partial charge in [0.2, 0.25) is 0 Å². The monoisotopic (exact) mass is 628 g/mol. The van der Waals surface area contributed by atoms with Crippen molar-refractivity contribution in [1.29, 1.82) is 5.26 Å². The number of rotatable bonds is 20. The third-order valence-corrected chi connectivity index (χ3v) is 9.27. The summed E-state index contributed by atoms with van der Waals surface area (Å²) in [6.07, 6.45) is 16.9. The van der Waals surface area contributed by atoms with Gasteiger partial charge in [0.1, 0.15) is 5.82 Å². The van der Waals surface area contributed by atoms with Crippen LogP contribution in [0.2, 0.25) is 0 Å². The maximum Gasteiger partial charge on any atom is 0.166 e. The Morgan fingerprint density at radius 3 is 2.00 bits per heavy atom. The van der Waals surface area contributed by atoms with Crippen molar-refractivity contribution >= 4 is 18.2 Å². The molecule has 1 aliphatic heterocycles. The number of Topliss-reactive ketones (excluding diaryl/α,β-unsaturated/α-hetero) is 1. The lowest BCUT2D eigenvalue weighted by molar-refractivity contribution is 0.0838. The Morgan fingerprint density at radius 1 is 0.864 bits per heavy atom. The maximum atomic E-state index is 13.3. The van der Waals surface area contributed by atoms with Gasteiger partial charge in [-0.15, -0.1) is 12.4 Å². The number of likely N-dealkylation sites (tertiary alicyclic amines) is 1. The van der Waals surface area contributed by atoms with Gasteiger partial charge in [-0.25, -0.2) is 4.39 Å². The van der Waals surface area contributed by atoms with Crippen molar-refractivity contribution in [1.82, 2.24) is 4.90 Å². The number of ether oxygens (including phenoxy) is 2. The summed E-state index contributed by atoms with van der Waals surface area (Å²) in [6.45, 7) is 4.90. The van der Waals surface area contributed by atoms with Crippen LogP contribution in [0.15, 0.2) is 42.5 Å². The summed E-state index contributed by atoms with van der Waals surface area (Å²) in [4.78, 5) is 15.3. The van der Waals surface area contributed by atoms with Crippen LogP contribution in [0.3, 0.4) is 0 Å². The number of nitriles is 1. The van der Waals surface area contributed by atoms with E-state index in [9.17, 15) is 14.4 Å². The number of piperidine rings is 1. The van der Waals surface area contributed by atoms with Crippen molar-refractivity contribution in [2.45, 2.75) is 109 Å². The number of carbonyl (C=O) groups excluding carboxylic acids is 1. The van der Waals surface area contributed by atoms with Crippen LogP contribution in [0.4, 0.5) is 4.39 Å². The number of halogens is 2. The first-order valence-electron chi connectivity index (χ1n) is 16.6. The van der Waals surface area contributed by atoms with Crippen LogP contribution in [0.25, 0.3) is 0 Å². The number of nitrogens with zero attached hydrogens (tertiary/aromatic N) is 2. The summed E-state index contributed by atoms with van der Waals surface area (Å²) < 4.78 is 24.3. The van der Waals surface area contributed by atoms with Crippen LogP contribution in [0.5, 0.6) is 11.5 Å². The van der Waals surface area contributed by atoms with E-state index in [1.54, 1.807) is 26.4 Å². The van der Waals surface area contributed by atoms with E-state index in [2.05, 4.69) is 17.9 Å². The Hall–Kier alpha value is -2.62. The first-order valence-corrected chi connectivity index (χ1v) is 16.6. The van der Waals surface area contributed by atoms with Gasteiger partial charge in [0, 0.05) is 11.5 Å². The third kappa shape index (κ3) is 11.4. The highest BCUT2D eigenvalue weighted by atomic mass is 35.5. The predicted octanol–water partition coefficient (Wildman–Crippen LogP) is 9.71. The summed E-state index contributed by atoms with van der Waals surface area (Å²) in [7, 11) is 3.28. The molecule has 1 atom stereocenters. The van der Waals surface area contributed by atoms with E-state index in [-0.39, 0.29) is 29.9 Å². The predicted molar refractivity (Wildman–Crippen MR) is 180 cm³/mol. The Morgan fingerprint density at radius 2 is 1.43 bits per heavy atom. The summed E-state index contributed by atoms with van der Waals surface area (Å²) in [5.41, 5.74) is 1.03. The zero-order chi connectivity index (χ0) is 30.9. The molecule has 0 aromatic heterocycles. The van der Waals surface area contributed by atoms with Crippen molar-refractivity contribution in [3.05, 3.63) is 59.4 Å². The van der Waals surface area contributed by atoms with E-state index in [0.717, 1.165) is 70.1 Å². The van der Waals surface area contributed by atoms with Crippen molar-refractivity contribution in [3.8, 4) is 17.6 Å². The van der Waals surface area contributed by atoms with Crippen molar-refractivity contribution < 1.29 is 18.7 Å². The van der Waals surface area contributed by atoms with E-state index in [1.165, 1.54) is 63.5 Å². The molecular formula is C37H54ClFN2O3. The molecule has 0 spiro atoms. The smallest absolute Gasteiger partial charge is 0.166 e. The molecule has 0 N–H and O–H groups in total. The number of methoxy groups -OCH3 is 2. The van der Waals surface area contributed by atoms with E-state index < -0.39 is 5.41 Å². The Bertz CT molecular complexity index is 1140. The van der Waals surface area contributed by atoms with Gasteiger partial charge >= 0.3 is 0 Å². The molecule has 7 heteroatoms. The summed E-state index contributed by atoms with van der Waals surface area (Å²) >= 11 is 0. The summed E-state index contributed by atoms with van der Waals surface area (Å²) in [5.74, 6) is 1.13. The quantitative estimate of drug-likeness (QED) is 0.108. The summed E-state index contributed by atoms with van der Waals surface area (Å²) in [5, 5.41) is 10.6. The molecule has 0 amide bonds. The molecule has 2 aromatic rings. The average Bonchev–Trinajstić information content (AvgIpc) is 3.04. The standard InChI is InChI=1S/C37H53FN2O3.ClH/c1-4-5-6-7-8-9-10-11-12-13-23-37(29-39,32-17-20-34(42-2)35(28-32)43-3)24-14-25-40-26-21-31(22-27-40)36(41)30-15-18-33(38)19-16-30;/h15-20,28,31H,4-14,21-27H2,1-3H3;1H. The molecule has 0 radical (unpaired) electrons. The fourth-order valence-electron chi connectivity index (χ4n) is 6.51. The first-order chi connectivity index (χ1) is 21.0. The molecule has 1 saturated heterocycles. The molecule has 1 fully saturated rings. The SMILES string of the molecule is CCCCCCCCCCCCC(C#N)(CCCN1CCC(C(=O)c2ccc(F)cc2)CC1)c1ccc(OC)c(OC)c1.Cl. The number of hydrogen-bond acceptors (Lipinski definition) is 5. The fourth-order valence-corrected chi connectivity index (χ4v) is 6.51. The van der Waals surface area contributed by atoms with Crippen LogP contribution < -0.4 is 9.47 Å². The van der Waals surface area contributed by atoms with Gasteiger partial charge in [0.05, 0.1) is 25.7 Å². The van der Waals surface area contributed by atoms with E-state index >= 15 is 0 Å². The lowest BCUT2D eigenvalue weighted by Crippen LogP contribution is -2.37. The largest absolute Gasteiger partial charge is 0.493 e. The minimum Gasteiger partial charge on any atom is -0.493 e. The second-order valence-electron chi connectivity index (χ2n) is 12.3. The second-order valence-corrected chi connectivity index (χ2v) is 12.3. The molecule has 0 aliphatic carbocycles. The van der Waals surface area contributed by atoms with Gasteiger partial charge in [0.25, 0.3) is 0 Å². The van der Waals surface area contributed by atoms with Gasteiger partial charge < -0.3 is 14.4 Å². The lowest BCUT2D eigenvalue weighted by Gasteiger charge is -2.33. The average molecular weight is 629 g/mol. The first kappa shape index (κ1) is 37.6. The third-order valence-electron chi connectivity index (χ3n) is 9.27. The molecule has 5 nitrogen and oxygen atoms in total. The fraction of sp³-hybridized carbons (Fsp3) is 0.622. The van der Waals surface area contributed by atoms with Gasteiger partial charge in [-0.1, -0.05) is 77.2 Å². The number of ketones is 1. The van der Waals surface area contributed by atoms with Crippen molar-refractivity contribution in [2.24, 2.45) is 5.92 Å². The molecule has 44 heavy (non-hydrogen) atoms. The number of unbranched alkanes of at least 4 members (excludes halogenated alkanes) is 9. The molecule has 244 valence electrons. The van der Waals surface area contributed by atoms with Gasteiger partial charge in [0.15, 0.2) is 17.3 Å². The zero-order valence-electron chi connectivity index (χ0n) is 27.3. The van der Waals surface area contributed by atoms with Crippen LogP contribution in [0, 0.1) is 23.1 Å². The van der Waals surface area contributed by atoms with Crippen LogP contribution in [0.1, 0.15) is 119 Å². The van der Waals surface area contributed by atoms with Crippen LogP contribution >= 0.6 is 12.4 Å². The van der Waals surface area contributed by atoms with E-state index in [0.29, 0.717) is 17.1 Å². The highest BCUT2D eigenvalue weighted by molar-refractivity contribution is 5.97. The Balaban J connectivity index is 0.00000675. The normalized spacial score (nSPS) is 15.2. The number of carbonyl (C=O) groups is 1. The maximum absolute atomic E-state index is 13.3. The molecule has 0 saturated carbocycles. The van der Waals surface area contributed by atoms with E-state index in [1.807, 2.05) is 18.2 Å². The molecule has 3 rings (SSSR count). The van der Waals surface area contributed by atoms with Crippen molar-refractivity contribution in [3.63, 3.8) is 0 Å². The minimum absolute atomic E-state index is 0. The molecule has 0 bridgehead atoms. The molecular weight excluding hydrogens is 575 g/mol. The van der Waals surface area contributed by atoms with Crippen molar-refractivity contribution in [2.75, 3.05) is 33.9 Å². The Kier molecular flexibility index (Phi) is 17.4. The molecule has 2 aromatic carbocycles. The molecule has 1 heterocycles. The molecule has 1 aliphatic rings. The lowest BCUT2D eigenvalue weighted by atomic mass is 9.74. The number of benzene rings is 2. The highest BCUT2D eigenvalue weighted by Gasteiger charge is 2.33. The van der Waals surface area contributed by atoms with Gasteiger partial charge in [-0.2, -0.15) is 5.26 Å². The number of hydrogen-bond donors (Lipinski definition) is 0. The Labute approximate surface area is 271 Å². The van der Waals surface area contributed by atoms with Crippen LogP contribution in [-0.4, -0.2) is 44.5 Å². The summed E-state index contributed by atoms with van der Waals surface area (Å²) in [6, 6.07) is 14.6. The molecule has 1 unspecified atom stereocenters. The van der Waals surface area contributed by atoms with Crippen LogP contribution in [-0.2, 0) is 5.41 Å². The second kappa shape index (κ2) is 20.4. The zero-order valence-corrected chi connectivity index (χ0v) is 28.1. The minimum atomic E-state index is -0.573. The topological polar surface area (TPSA) is 62.6 Å². The van der Waals surface area contributed by atoms with Gasteiger partial charge in [-0.3, -0.25) is 4.79 Å². The van der Waals surface area contributed by atoms with Gasteiger partial charge in [-0.05, 0) is 93.7 Å².